The molecule has 0 fully saturated rings. The first-order valence-corrected chi connectivity index (χ1v) is 5.97. The zero-order valence-electron chi connectivity index (χ0n) is 10.6. The lowest BCUT2D eigenvalue weighted by Gasteiger charge is -2.03. The van der Waals surface area contributed by atoms with Crippen LogP contribution in [0.2, 0.25) is 0 Å². The molecule has 3 rings (SSSR count). The van der Waals surface area contributed by atoms with Crippen molar-refractivity contribution in [1.82, 2.24) is 9.97 Å². The first-order chi connectivity index (χ1) is 9.04. The molecule has 0 radical (unpaired) electrons. The third-order valence-corrected chi connectivity index (χ3v) is 3.16. The molecule has 4 heteroatoms. The van der Waals surface area contributed by atoms with E-state index in [0.29, 0.717) is 16.9 Å². The second-order valence-corrected chi connectivity index (χ2v) is 4.69. The third-order valence-electron chi connectivity index (χ3n) is 3.16. The number of aromatic nitrogens is 2. The molecule has 0 unspecified atom stereocenters. The molecule has 0 saturated heterocycles. The van der Waals surface area contributed by atoms with Gasteiger partial charge < -0.3 is 4.98 Å². The van der Waals surface area contributed by atoms with Crippen molar-refractivity contribution in [3.8, 4) is 11.4 Å². The average molecular weight is 258 g/mol. The molecule has 19 heavy (non-hydrogen) atoms. The molecule has 0 spiro atoms. The number of aromatic amines is 1. The minimum absolute atomic E-state index is 0.425. The largest absolute Gasteiger partial charge is 0.338 e. The Morgan fingerprint density at radius 2 is 1.74 bits per heavy atom. The second kappa shape index (κ2) is 4.16. The molecule has 2 aromatic carbocycles. The molecule has 0 aliphatic rings. The van der Waals surface area contributed by atoms with Gasteiger partial charge >= 0.3 is 0 Å². The summed E-state index contributed by atoms with van der Waals surface area (Å²) in [5, 5.41) is 0. The van der Waals surface area contributed by atoms with Crippen molar-refractivity contribution in [3.63, 3.8) is 0 Å². The van der Waals surface area contributed by atoms with Crippen molar-refractivity contribution < 1.29 is 8.78 Å². The molecular weight excluding hydrogens is 246 g/mol. The van der Waals surface area contributed by atoms with Gasteiger partial charge in [-0.1, -0.05) is 23.8 Å². The fraction of sp³-hybridized carbons (Fsp3) is 0.133. The van der Waals surface area contributed by atoms with E-state index in [-0.39, 0.29) is 0 Å². The quantitative estimate of drug-likeness (QED) is 0.698. The molecule has 0 aliphatic carbocycles. The van der Waals surface area contributed by atoms with Gasteiger partial charge in [-0.05, 0) is 19.4 Å². The lowest BCUT2D eigenvalue weighted by atomic mass is 10.1. The molecular formula is C15H12F2N2. The van der Waals surface area contributed by atoms with Crippen molar-refractivity contribution in [2.75, 3.05) is 0 Å². The van der Waals surface area contributed by atoms with Crippen molar-refractivity contribution >= 4 is 11.0 Å². The number of H-pyrrole nitrogens is 1. The SMILES string of the molecule is Cc1ccc(-c2nc3cc(F)c(F)cc3[nH]2)c(C)c1. The zero-order valence-corrected chi connectivity index (χ0v) is 10.6. The minimum atomic E-state index is -0.883. The lowest BCUT2D eigenvalue weighted by Crippen LogP contribution is -1.86. The summed E-state index contributed by atoms with van der Waals surface area (Å²) < 4.78 is 26.3. The van der Waals surface area contributed by atoms with Gasteiger partial charge in [0.2, 0.25) is 0 Å². The fourth-order valence-electron chi connectivity index (χ4n) is 2.21. The van der Waals surface area contributed by atoms with Gasteiger partial charge in [0.05, 0.1) is 11.0 Å². The summed E-state index contributed by atoms with van der Waals surface area (Å²) >= 11 is 0. The maximum absolute atomic E-state index is 13.2. The summed E-state index contributed by atoms with van der Waals surface area (Å²) in [5.41, 5.74) is 4.08. The highest BCUT2D eigenvalue weighted by Gasteiger charge is 2.11. The van der Waals surface area contributed by atoms with Crippen LogP contribution in [0.1, 0.15) is 11.1 Å². The van der Waals surface area contributed by atoms with E-state index >= 15 is 0 Å². The zero-order chi connectivity index (χ0) is 13.6. The minimum Gasteiger partial charge on any atom is -0.338 e. The normalized spacial score (nSPS) is 11.2. The van der Waals surface area contributed by atoms with Gasteiger partial charge in [-0.15, -0.1) is 0 Å². The number of fused-ring (bicyclic) bond motifs is 1. The summed E-state index contributed by atoms with van der Waals surface area (Å²) in [5.74, 6) is -1.13. The first-order valence-electron chi connectivity index (χ1n) is 5.97. The van der Waals surface area contributed by atoms with Gasteiger partial charge in [0.25, 0.3) is 0 Å². The van der Waals surface area contributed by atoms with Crippen molar-refractivity contribution in [1.29, 1.82) is 0 Å². The van der Waals surface area contributed by atoms with Crippen molar-refractivity contribution in [3.05, 3.63) is 53.1 Å². The van der Waals surface area contributed by atoms with Gasteiger partial charge in [-0.25, -0.2) is 13.8 Å². The van der Waals surface area contributed by atoms with Gasteiger partial charge in [0.1, 0.15) is 5.82 Å². The van der Waals surface area contributed by atoms with Gasteiger partial charge in [-0.2, -0.15) is 0 Å². The highest BCUT2D eigenvalue weighted by Crippen LogP contribution is 2.25. The van der Waals surface area contributed by atoms with E-state index in [1.165, 1.54) is 0 Å². The van der Waals surface area contributed by atoms with Crippen LogP contribution in [0.5, 0.6) is 0 Å². The van der Waals surface area contributed by atoms with E-state index in [4.69, 9.17) is 0 Å². The van der Waals surface area contributed by atoms with Crippen LogP contribution in [0, 0.1) is 25.5 Å². The van der Waals surface area contributed by atoms with Crippen LogP contribution in [-0.4, -0.2) is 9.97 Å². The van der Waals surface area contributed by atoms with E-state index in [2.05, 4.69) is 9.97 Å². The number of halogens is 2. The Kier molecular flexibility index (Phi) is 2.59. The van der Waals surface area contributed by atoms with Crippen molar-refractivity contribution in [2.45, 2.75) is 13.8 Å². The molecule has 0 saturated carbocycles. The Balaban J connectivity index is 2.20. The highest BCUT2D eigenvalue weighted by molar-refractivity contribution is 5.80. The molecule has 3 aromatic rings. The predicted octanol–water partition coefficient (Wildman–Crippen LogP) is 4.12. The predicted molar refractivity (Wildman–Crippen MR) is 70.9 cm³/mol. The summed E-state index contributed by atoms with van der Waals surface area (Å²) in [7, 11) is 0. The number of hydrogen-bond donors (Lipinski definition) is 1. The third kappa shape index (κ3) is 1.99. The number of nitrogens with one attached hydrogen (secondary N) is 1. The smallest absolute Gasteiger partial charge is 0.161 e. The van der Waals surface area contributed by atoms with Crippen LogP contribution in [0.25, 0.3) is 22.4 Å². The Morgan fingerprint density at radius 3 is 2.47 bits per heavy atom. The van der Waals surface area contributed by atoms with E-state index in [0.717, 1.165) is 28.8 Å². The molecule has 0 atom stereocenters. The summed E-state index contributed by atoms with van der Waals surface area (Å²) in [6, 6.07) is 8.22. The number of aryl methyl sites for hydroxylation is 2. The molecule has 0 aliphatic heterocycles. The van der Waals surface area contributed by atoms with E-state index in [1.54, 1.807) is 0 Å². The van der Waals surface area contributed by atoms with Crippen LogP contribution in [-0.2, 0) is 0 Å². The van der Waals surface area contributed by atoms with Gasteiger partial charge in [-0.3, -0.25) is 0 Å². The van der Waals surface area contributed by atoms with Crippen LogP contribution in [0.15, 0.2) is 30.3 Å². The first kappa shape index (κ1) is 11.8. The Bertz CT molecular complexity index is 736. The second-order valence-electron chi connectivity index (χ2n) is 4.69. The van der Waals surface area contributed by atoms with Crippen LogP contribution in [0.4, 0.5) is 8.78 Å². The number of imidazole rings is 1. The molecule has 2 nitrogen and oxygen atoms in total. The molecule has 0 bridgehead atoms. The maximum atomic E-state index is 13.2. The average Bonchev–Trinajstić information content (AvgIpc) is 2.72. The van der Waals surface area contributed by atoms with Gasteiger partial charge in [0, 0.05) is 17.7 Å². The Labute approximate surface area is 109 Å². The van der Waals surface area contributed by atoms with Crippen LogP contribution < -0.4 is 0 Å². The highest BCUT2D eigenvalue weighted by atomic mass is 19.2. The molecule has 96 valence electrons. The van der Waals surface area contributed by atoms with E-state index < -0.39 is 11.6 Å². The summed E-state index contributed by atoms with van der Waals surface area (Å²) in [6.45, 7) is 4.00. The monoisotopic (exact) mass is 258 g/mol. The topological polar surface area (TPSA) is 28.7 Å². The Morgan fingerprint density at radius 1 is 1.00 bits per heavy atom. The molecule has 1 heterocycles. The number of benzene rings is 2. The summed E-state index contributed by atoms with van der Waals surface area (Å²) in [6.07, 6.45) is 0. The summed E-state index contributed by atoms with van der Waals surface area (Å²) in [4.78, 5) is 7.34. The lowest BCUT2D eigenvalue weighted by molar-refractivity contribution is 0.510. The van der Waals surface area contributed by atoms with Crippen LogP contribution in [0.3, 0.4) is 0 Å². The van der Waals surface area contributed by atoms with E-state index in [1.807, 2.05) is 32.0 Å². The maximum Gasteiger partial charge on any atom is 0.161 e. The molecule has 1 aromatic heterocycles. The number of nitrogens with zero attached hydrogens (tertiary/aromatic N) is 1. The van der Waals surface area contributed by atoms with E-state index in [9.17, 15) is 8.78 Å². The number of rotatable bonds is 1. The number of hydrogen-bond acceptors (Lipinski definition) is 1. The van der Waals surface area contributed by atoms with Crippen molar-refractivity contribution in [2.24, 2.45) is 0 Å². The van der Waals surface area contributed by atoms with Crippen LogP contribution >= 0.6 is 0 Å². The fourth-order valence-corrected chi connectivity index (χ4v) is 2.21. The molecule has 0 amide bonds. The Hall–Kier alpha value is -2.23. The van der Waals surface area contributed by atoms with Gasteiger partial charge in [0.15, 0.2) is 11.6 Å². The standard InChI is InChI=1S/C15H12F2N2/c1-8-3-4-10(9(2)5-8)15-18-13-6-11(16)12(17)7-14(13)19-15/h3-7H,1-2H3,(H,18,19). The molecule has 1 N–H and O–H groups in total.